The van der Waals surface area contributed by atoms with Gasteiger partial charge in [0.1, 0.15) is 0 Å². The molecule has 2 fully saturated rings. The maximum absolute atomic E-state index is 5.67. The lowest BCUT2D eigenvalue weighted by molar-refractivity contribution is 0.0851. The molecule has 2 saturated heterocycles. The van der Waals surface area contributed by atoms with E-state index < -0.39 is 0 Å². The Balaban J connectivity index is 1.49. The first-order valence-corrected chi connectivity index (χ1v) is 13.1. The minimum atomic E-state index is 0.397. The highest BCUT2D eigenvalue weighted by Crippen LogP contribution is 2.35. The lowest BCUT2D eigenvalue weighted by Gasteiger charge is -2.23. The van der Waals surface area contributed by atoms with Crippen molar-refractivity contribution in [2.75, 3.05) is 26.4 Å². The van der Waals surface area contributed by atoms with Gasteiger partial charge in [-0.3, -0.25) is 0 Å². The van der Waals surface area contributed by atoms with E-state index in [1.165, 1.54) is 11.1 Å². The summed E-state index contributed by atoms with van der Waals surface area (Å²) in [6.07, 6.45) is 12.6. The maximum Gasteiger partial charge on any atom is 0.0694 e. The van der Waals surface area contributed by atoms with Gasteiger partial charge in [-0.25, -0.2) is 9.97 Å². The van der Waals surface area contributed by atoms with E-state index in [-0.39, 0.29) is 0 Å². The average Bonchev–Trinajstić information content (AvgIpc) is 3.72. The summed E-state index contributed by atoms with van der Waals surface area (Å²) in [5.41, 5.74) is 11.0. The Kier molecular flexibility index (Phi) is 5.56. The van der Waals surface area contributed by atoms with Gasteiger partial charge in [-0.1, -0.05) is 0 Å². The van der Waals surface area contributed by atoms with Crippen LogP contribution in [0.5, 0.6) is 0 Å². The van der Waals surface area contributed by atoms with Crippen LogP contribution in [0.4, 0.5) is 0 Å². The fraction of sp³-hybridized carbons (Fsp3) is 0.333. The van der Waals surface area contributed by atoms with E-state index in [2.05, 4.69) is 70.7 Å². The van der Waals surface area contributed by atoms with Crippen molar-refractivity contribution in [3.05, 3.63) is 70.3 Å². The molecule has 8 bridgehead atoms. The van der Waals surface area contributed by atoms with Crippen LogP contribution in [-0.2, 0) is 9.47 Å². The second-order valence-electron chi connectivity index (χ2n) is 10.1. The third-order valence-electron chi connectivity index (χ3n) is 7.74. The van der Waals surface area contributed by atoms with Crippen LogP contribution in [-0.4, -0.2) is 46.4 Å². The van der Waals surface area contributed by atoms with E-state index in [9.17, 15) is 0 Å². The summed E-state index contributed by atoms with van der Waals surface area (Å²) < 4.78 is 11.3. The number of ether oxygens (including phenoxy) is 2. The first-order valence-electron chi connectivity index (χ1n) is 13.1. The second kappa shape index (κ2) is 9.19. The zero-order chi connectivity index (χ0) is 23.9. The maximum atomic E-state index is 5.67. The van der Waals surface area contributed by atoms with Crippen molar-refractivity contribution in [2.45, 2.75) is 37.5 Å². The van der Waals surface area contributed by atoms with Gasteiger partial charge in [0.05, 0.1) is 22.8 Å². The summed E-state index contributed by atoms with van der Waals surface area (Å²) in [6, 6.07) is 13.0. The minimum absolute atomic E-state index is 0.397. The predicted octanol–water partition coefficient (Wildman–Crippen LogP) is 6.44. The van der Waals surface area contributed by atoms with Crippen molar-refractivity contribution in [3.8, 4) is 0 Å². The lowest BCUT2D eigenvalue weighted by atomic mass is 9.89. The van der Waals surface area contributed by atoms with Crippen molar-refractivity contribution in [2.24, 2.45) is 0 Å². The van der Waals surface area contributed by atoms with Crippen molar-refractivity contribution in [1.29, 1.82) is 0 Å². The van der Waals surface area contributed by atoms with E-state index >= 15 is 0 Å². The molecule has 7 rings (SSSR count). The van der Waals surface area contributed by atoms with Gasteiger partial charge in [-0.15, -0.1) is 0 Å². The standard InChI is InChI=1S/C30H30N4O2/c1-5-25-29(19-9-13-35-14-10-19)26-7-3-23(33-26)18-24-4-8-28(34-24)30(20-11-15-36-16-12-20)27-6-2-22(32-27)17-21(1)31-25/h1-8,17-20,31,33H,9-16H2. The summed E-state index contributed by atoms with van der Waals surface area (Å²) in [7, 11) is 0. The lowest BCUT2D eigenvalue weighted by Crippen LogP contribution is -2.16. The zero-order valence-corrected chi connectivity index (χ0v) is 20.3. The van der Waals surface area contributed by atoms with Crippen LogP contribution in [0.1, 0.15) is 71.4 Å². The molecule has 0 radical (unpaired) electrons. The van der Waals surface area contributed by atoms with Crippen LogP contribution in [0.2, 0.25) is 0 Å². The Morgan fingerprint density at radius 1 is 0.583 bits per heavy atom. The number of fused-ring (bicyclic) bond motifs is 8. The van der Waals surface area contributed by atoms with Gasteiger partial charge >= 0.3 is 0 Å². The van der Waals surface area contributed by atoms with Crippen molar-refractivity contribution in [3.63, 3.8) is 0 Å². The van der Waals surface area contributed by atoms with Gasteiger partial charge in [0.2, 0.25) is 0 Å². The van der Waals surface area contributed by atoms with Gasteiger partial charge in [0.25, 0.3) is 0 Å². The first kappa shape index (κ1) is 21.8. The summed E-state index contributed by atoms with van der Waals surface area (Å²) >= 11 is 0. The minimum Gasteiger partial charge on any atom is -0.381 e. The van der Waals surface area contributed by atoms with Gasteiger partial charge < -0.3 is 19.4 Å². The molecule has 4 aliphatic rings. The third kappa shape index (κ3) is 4.10. The van der Waals surface area contributed by atoms with Crippen LogP contribution in [0.25, 0.3) is 46.4 Å². The molecule has 6 nitrogen and oxygen atoms in total. The summed E-state index contributed by atoms with van der Waals surface area (Å²) in [6.45, 7) is 3.19. The number of hydrogen-bond acceptors (Lipinski definition) is 4. The Hall–Kier alpha value is -3.48. The molecule has 36 heavy (non-hydrogen) atoms. The van der Waals surface area contributed by atoms with Crippen molar-refractivity contribution in [1.82, 2.24) is 19.9 Å². The van der Waals surface area contributed by atoms with Gasteiger partial charge in [0.15, 0.2) is 0 Å². The fourth-order valence-electron chi connectivity index (χ4n) is 5.95. The normalized spacial score (nSPS) is 18.7. The van der Waals surface area contributed by atoms with Crippen LogP contribution >= 0.6 is 0 Å². The number of hydrogen-bond donors (Lipinski definition) is 2. The molecule has 0 unspecified atom stereocenters. The number of rotatable bonds is 2. The van der Waals surface area contributed by atoms with E-state index in [1.54, 1.807) is 0 Å². The highest BCUT2D eigenvalue weighted by atomic mass is 16.5. The van der Waals surface area contributed by atoms with Gasteiger partial charge in [-0.2, -0.15) is 0 Å². The number of nitrogens with one attached hydrogen (secondary N) is 2. The smallest absolute Gasteiger partial charge is 0.0694 e. The molecule has 0 amide bonds. The number of H-pyrrole nitrogens is 2. The van der Waals surface area contributed by atoms with Crippen LogP contribution in [0.15, 0.2) is 36.4 Å². The highest BCUT2D eigenvalue weighted by Gasteiger charge is 2.24. The van der Waals surface area contributed by atoms with Gasteiger partial charge in [-0.05, 0) is 98.2 Å². The monoisotopic (exact) mass is 478 g/mol. The van der Waals surface area contributed by atoms with Crippen LogP contribution in [0.3, 0.4) is 0 Å². The van der Waals surface area contributed by atoms with E-state index in [0.29, 0.717) is 11.8 Å². The molecular weight excluding hydrogens is 448 g/mol. The largest absolute Gasteiger partial charge is 0.381 e. The molecule has 0 aromatic carbocycles. The molecule has 3 aromatic rings. The Morgan fingerprint density at radius 3 is 1.56 bits per heavy atom. The van der Waals surface area contributed by atoms with E-state index in [4.69, 9.17) is 19.4 Å². The quantitative estimate of drug-likeness (QED) is 0.306. The van der Waals surface area contributed by atoms with Gasteiger partial charge in [0, 0.05) is 59.6 Å². The summed E-state index contributed by atoms with van der Waals surface area (Å²) in [5, 5.41) is 0. The SMILES string of the molecule is C1=Cc2nc1cc1ccc([nH]1)c(C1CCOCC1)c1ccc(cc3nc(c2C2CCOCC2)C=C3)[nH]1. The molecular formula is C30H30N4O2. The fourth-order valence-corrected chi connectivity index (χ4v) is 5.95. The third-order valence-corrected chi connectivity index (χ3v) is 7.74. The Morgan fingerprint density at radius 2 is 1.06 bits per heavy atom. The average molecular weight is 479 g/mol. The molecule has 7 heterocycles. The van der Waals surface area contributed by atoms with Crippen LogP contribution < -0.4 is 0 Å². The van der Waals surface area contributed by atoms with Crippen molar-refractivity contribution >= 4 is 46.4 Å². The number of nitrogens with zero attached hydrogens (tertiary/aromatic N) is 2. The molecule has 0 spiro atoms. The summed E-state index contributed by atoms with van der Waals surface area (Å²) in [5.74, 6) is 0.841. The molecule has 6 heteroatoms. The molecule has 0 aliphatic carbocycles. The molecule has 4 aliphatic heterocycles. The van der Waals surface area contributed by atoms with Crippen molar-refractivity contribution < 1.29 is 9.47 Å². The van der Waals surface area contributed by atoms with E-state index in [0.717, 1.165) is 97.0 Å². The molecule has 182 valence electrons. The molecule has 0 saturated carbocycles. The van der Waals surface area contributed by atoms with Crippen LogP contribution in [0, 0.1) is 0 Å². The summed E-state index contributed by atoms with van der Waals surface area (Å²) in [4.78, 5) is 17.5. The second-order valence-corrected chi connectivity index (χ2v) is 10.1. The van der Waals surface area contributed by atoms with E-state index in [1.807, 2.05) is 0 Å². The predicted molar refractivity (Wildman–Crippen MR) is 144 cm³/mol. The molecule has 2 N–H and O–H groups in total. The Bertz CT molecular complexity index is 1420. The first-order chi connectivity index (χ1) is 17.8. The number of aromatic nitrogens is 4. The number of aromatic amines is 2. The highest BCUT2D eigenvalue weighted by molar-refractivity contribution is 5.81. The molecule has 0 atom stereocenters. The molecule has 3 aromatic heterocycles. The topological polar surface area (TPSA) is 75.8 Å². The zero-order valence-electron chi connectivity index (χ0n) is 20.3. The Labute approximate surface area is 210 Å².